The minimum atomic E-state index is -1.10. The third kappa shape index (κ3) is 3.45. The zero-order valence-electron chi connectivity index (χ0n) is 13.4. The van der Waals surface area contributed by atoms with Crippen molar-refractivity contribution < 1.29 is 14.0 Å². The maximum absolute atomic E-state index is 13.8. The van der Waals surface area contributed by atoms with E-state index in [4.69, 9.17) is 4.84 Å². The van der Waals surface area contributed by atoms with Crippen molar-refractivity contribution in [2.24, 2.45) is 5.16 Å². The van der Waals surface area contributed by atoms with Crippen LogP contribution in [0.1, 0.15) is 25.3 Å². The van der Waals surface area contributed by atoms with Gasteiger partial charge >= 0.3 is 0 Å². The van der Waals surface area contributed by atoms with E-state index in [9.17, 15) is 9.18 Å². The monoisotopic (exact) mass is 330 g/mol. The van der Waals surface area contributed by atoms with Gasteiger partial charge in [0.15, 0.2) is 0 Å². The number of nitrogens with zero attached hydrogens (tertiary/aromatic N) is 3. The molecule has 1 aliphatic heterocycles. The molecule has 0 radical (unpaired) electrons. The first-order chi connectivity index (χ1) is 11.6. The van der Waals surface area contributed by atoms with Gasteiger partial charge in [-0.05, 0) is 19.4 Å². The lowest BCUT2D eigenvalue weighted by molar-refractivity contribution is -0.141. The molecule has 24 heavy (non-hydrogen) atoms. The van der Waals surface area contributed by atoms with E-state index in [0.717, 1.165) is 13.0 Å². The topological polar surface area (TPSA) is 68.5 Å². The molecule has 1 atom stereocenters. The Morgan fingerprint density at radius 1 is 1.46 bits per heavy atom. The van der Waals surface area contributed by atoms with Crippen molar-refractivity contribution in [2.75, 3.05) is 6.54 Å². The Bertz CT molecular complexity index is 745. The van der Waals surface area contributed by atoms with Gasteiger partial charge in [0.05, 0.1) is 12.0 Å². The molecule has 6 nitrogen and oxygen atoms in total. The number of aryl methyl sites for hydroxylation is 1. The SMILES string of the molecule is C[C@]1(C(=O)NCCCn2ccnc2)CC(c2ccccc2F)=NO1. The molecule has 2 heterocycles. The van der Waals surface area contributed by atoms with Crippen molar-refractivity contribution in [1.29, 1.82) is 0 Å². The van der Waals surface area contributed by atoms with Gasteiger partial charge in [-0.25, -0.2) is 9.37 Å². The number of hydrogen-bond donors (Lipinski definition) is 1. The van der Waals surface area contributed by atoms with Gasteiger partial charge in [0.1, 0.15) is 5.82 Å². The number of aromatic nitrogens is 2. The van der Waals surface area contributed by atoms with Gasteiger partial charge in [0, 0.05) is 37.5 Å². The first-order valence-corrected chi connectivity index (χ1v) is 7.82. The average molecular weight is 330 g/mol. The summed E-state index contributed by atoms with van der Waals surface area (Å²) in [5, 5.41) is 6.76. The highest BCUT2D eigenvalue weighted by molar-refractivity contribution is 6.05. The zero-order chi connectivity index (χ0) is 17.0. The Morgan fingerprint density at radius 2 is 2.29 bits per heavy atom. The quantitative estimate of drug-likeness (QED) is 0.825. The minimum Gasteiger partial charge on any atom is -0.379 e. The van der Waals surface area contributed by atoms with Crippen LogP contribution < -0.4 is 5.32 Å². The molecule has 1 amide bonds. The second-order valence-corrected chi connectivity index (χ2v) is 5.93. The zero-order valence-corrected chi connectivity index (χ0v) is 13.4. The van der Waals surface area contributed by atoms with Gasteiger partial charge in [0.2, 0.25) is 5.60 Å². The third-order valence-corrected chi connectivity index (χ3v) is 3.97. The standard InChI is InChI=1S/C17H19FN4O2/c1-17(16(23)20-7-4-9-22-10-8-19-12-22)11-15(21-24-17)13-5-2-3-6-14(13)18/h2-3,5-6,8,10,12H,4,7,9,11H2,1H3,(H,20,23)/t17-/m1/s1. The van der Waals surface area contributed by atoms with Crippen molar-refractivity contribution in [3.63, 3.8) is 0 Å². The van der Waals surface area contributed by atoms with Crippen LogP contribution in [0.15, 0.2) is 48.1 Å². The smallest absolute Gasteiger partial charge is 0.267 e. The van der Waals surface area contributed by atoms with E-state index in [0.29, 0.717) is 17.8 Å². The molecule has 0 unspecified atom stereocenters. The van der Waals surface area contributed by atoms with Gasteiger partial charge in [-0.2, -0.15) is 0 Å². The van der Waals surface area contributed by atoms with E-state index in [1.807, 2.05) is 10.8 Å². The largest absolute Gasteiger partial charge is 0.379 e. The van der Waals surface area contributed by atoms with Crippen LogP contribution in [-0.4, -0.2) is 33.3 Å². The molecule has 1 aliphatic rings. The second-order valence-electron chi connectivity index (χ2n) is 5.93. The van der Waals surface area contributed by atoms with Crippen LogP contribution >= 0.6 is 0 Å². The number of rotatable bonds is 6. The highest BCUT2D eigenvalue weighted by atomic mass is 19.1. The molecule has 126 valence electrons. The first kappa shape index (κ1) is 16.2. The number of carbonyl (C=O) groups excluding carboxylic acids is 1. The van der Waals surface area contributed by atoms with Crippen molar-refractivity contribution >= 4 is 11.6 Å². The van der Waals surface area contributed by atoms with Gasteiger partial charge < -0.3 is 14.7 Å². The maximum atomic E-state index is 13.8. The van der Waals surface area contributed by atoms with Crippen LogP contribution in [0.3, 0.4) is 0 Å². The highest BCUT2D eigenvalue weighted by Gasteiger charge is 2.42. The number of nitrogens with one attached hydrogen (secondary N) is 1. The summed E-state index contributed by atoms with van der Waals surface area (Å²) in [5.41, 5.74) is -0.287. The lowest BCUT2D eigenvalue weighted by Gasteiger charge is -2.20. The Balaban J connectivity index is 1.51. The molecule has 0 spiro atoms. The Kier molecular flexibility index (Phi) is 4.59. The fourth-order valence-electron chi connectivity index (χ4n) is 2.57. The summed E-state index contributed by atoms with van der Waals surface area (Å²) in [7, 11) is 0. The van der Waals surface area contributed by atoms with Gasteiger partial charge in [-0.1, -0.05) is 23.4 Å². The molecule has 1 aromatic carbocycles. The van der Waals surface area contributed by atoms with E-state index in [2.05, 4.69) is 15.5 Å². The number of amides is 1. The number of benzene rings is 1. The molecule has 7 heteroatoms. The lowest BCUT2D eigenvalue weighted by Crippen LogP contribution is -2.45. The predicted octanol–water partition coefficient (Wildman–Crippen LogP) is 2.11. The van der Waals surface area contributed by atoms with Crippen molar-refractivity contribution in [3.05, 3.63) is 54.4 Å². The summed E-state index contributed by atoms with van der Waals surface area (Å²) in [6, 6.07) is 6.34. The second kappa shape index (κ2) is 6.82. The summed E-state index contributed by atoms with van der Waals surface area (Å²) in [6.07, 6.45) is 6.34. The minimum absolute atomic E-state index is 0.237. The van der Waals surface area contributed by atoms with Crippen molar-refractivity contribution in [3.8, 4) is 0 Å². The molecule has 0 saturated carbocycles. The molecular formula is C17H19FN4O2. The van der Waals surface area contributed by atoms with Crippen LogP contribution in [0.25, 0.3) is 0 Å². The Morgan fingerprint density at radius 3 is 3.04 bits per heavy atom. The molecule has 0 saturated heterocycles. The molecular weight excluding hydrogens is 311 g/mol. The fourth-order valence-corrected chi connectivity index (χ4v) is 2.57. The Hall–Kier alpha value is -2.70. The Labute approximate surface area is 139 Å². The summed E-state index contributed by atoms with van der Waals surface area (Å²) in [5.74, 6) is -0.618. The van der Waals surface area contributed by atoms with E-state index in [1.165, 1.54) is 6.07 Å². The van der Waals surface area contributed by atoms with Crippen LogP contribution in [0, 0.1) is 5.82 Å². The van der Waals surface area contributed by atoms with Crippen LogP contribution in [0.2, 0.25) is 0 Å². The van der Waals surface area contributed by atoms with E-state index < -0.39 is 5.60 Å². The van der Waals surface area contributed by atoms with Crippen LogP contribution in [-0.2, 0) is 16.2 Å². The number of halogens is 1. The third-order valence-electron chi connectivity index (χ3n) is 3.97. The molecule has 1 N–H and O–H groups in total. The number of imidazole rings is 1. The molecule has 2 aromatic rings. The molecule has 3 rings (SSSR count). The predicted molar refractivity (Wildman–Crippen MR) is 86.9 cm³/mol. The highest BCUT2D eigenvalue weighted by Crippen LogP contribution is 2.27. The van der Waals surface area contributed by atoms with E-state index in [1.54, 1.807) is 37.6 Å². The van der Waals surface area contributed by atoms with Gasteiger partial charge in [-0.3, -0.25) is 4.79 Å². The van der Waals surface area contributed by atoms with Crippen LogP contribution in [0.4, 0.5) is 4.39 Å². The molecule has 0 fully saturated rings. The maximum Gasteiger partial charge on any atom is 0.267 e. The first-order valence-electron chi connectivity index (χ1n) is 7.82. The normalized spacial score (nSPS) is 19.7. The summed E-state index contributed by atoms with van der Waals surface area (Å²) in [4.78, 5) is 21.7. The number of hydrogen-bond acceptors (Lipinski definition) is 4. The summed E-state index contributed by atoms with van der Waals surface area (Å²) < 4.78 is 15.8. The van der Waals surface area contributed by atoms with Gasteiger partial charge in [-0.15, -0.1) is 0 Å². The summed E-state index contributed by atoms with van der Waals surface area (Å²) >= 11 is 0. The number of carbonyl (C=O) groups is 1. The van der Waals surface area contributed by atoms with Crippen molar-refractivity contribution in [2.45, 2.75) is 31.9 Å². The molecule has 1 aromatic heterocycles. The lowest BCUT2D eigenvalue weighted by atomic mass is 9.95. The number of oxime groups is 1. The molecule has 0 aliphatic carbocycles. The van der Waals surface area contributed by atoms with E-state index in [-0.39, 0.29) is 18.1 Å². The molecule has 0 bridgehead atoms. The average Bonchev–Trinajstić information content (AvgIpc) is 3.22. The van der Waals surface area contributed by atoms with E-state index >= 15 is 0 Å². The van der Waals surface area contributed by atoms with Crippen LogP contribution in [0.5, 0.6) is 0 Å². The van der Waals surface area contributed by atoms with Crippen molar-refractivity contribution in [1.82, 2.24) is 14.9 Å². The summed E-state index contributed by atoms with van der Waals surface area (Å²) in [6.45, 7) is 2.95. The van der Waals surface area contributed by atoms with Gasteiger partial charge in [0.25, 0.3) is 5.91 Å². The fraction of sp³-hybridized carbons (Fsp3) is 0.353.